The van der Waals surface area contributed by atoms with Gasteiger partial charge in [-0.2, -0.15) is 0 Å². The first-order valence-electron chi connectivity index (χ1n) is 6.62. The van der Waals surface area contributed by atoms with Gasteiger partial charge in [-0.15, -0.1) is 5.10 Å². The molecule has 1 aliphatic rings. The molecule has 0 aliphatic heterocycles. The Morgan fingerprint density at radius 1 is 1.43 bits per heavy atom. The van der Waals surface area contributed by atoms with Gasteiger partial charge in [-0.25, -0.2) is 13.5 Å². The van der Waals surface area contributed by atoms with Crippen LogP contribution in [0.3, 0.4) is 0 Å². The lowest BCUT2D eigenvalue weighted by Crippen LogP contribution is -2.35. The number of halogens is 2. The lowest BCUT2D eigenvalue weighted by Gasteiger charge is -2.27. The molecule has 9 heteroatoms. The average Bonchev–Trinajstić information content (AvgIpc) is 2.82. The summed E-state index contributed by atoms with van der Waals surface area (Å²) in [4.78, 5) is 22.3. The molecule has 1 saturated carbocycles. The lowest BCUT2D eigenvalue weighted by molar-refractivity contribution is -0.138. The zero-order chi connectivity index (χ0) is 15.5. The molecule has 116 valence electrons. The number of carbonyl (C=O) groups excluding carboxylic acids is 1. The number of aromatic nitrogens is 3. The second-order valence-corrected chi connectivity index (χ2v) is 5.15. The van der Waals surface area contributed by atoms with Crippen LogP contribution in [-0.2, 0) is 22.7 Å². The second kappa shape index (κ2) is 6.15. The minimum atomic E-state index is -2.66. The number of amides is 1. The number of carbonyl (C=O) groups is 2. The van der Waals surface area contributed by atoms with Gasteiger partial charge in [-0.05, 0) is 12.8 Å². The summed E-state index contributed by atoms with van der Waals surface area (Å²) in [6.45, 7) is -0.204. The van der Waals surface area contributed by atoms with Crippen LogP contribution in [0.4, 0.5) is 8.78 Å². The smallest absolute Gasteiger partial charge is 0.325 e. The van der Waals surface area contributed by atoms with Gasteiger partial charge in [0.15, 0.2) is 0 Å². The highest BCUT2D eigenvalue weighted by Crippen LogP contribution is 2.36. The Balaban J connectivity index is 1.79. The van der Waals surface area contributed by atoms with E-state index in [-0.39, 0.29) is 44.7 Å². The summed E-state index contributed by atoms with van der Waals surface area (Å²) in [6, 6.07) is 0. The zero-order valence-corrected chi connectivity index (χ0v) is 11.3. The summed E-state index contributed by atoms with van der Waals surface area (Å²) in [5.41, 5.74) is 0.422. The number of rotatable bonds is 5. The van der Waals surface area contributed by atoms with Crippen molar-refractivity contribution < 1.29 is 23.5 Å². The molecule has 2 N–H and O–H groups in total. The first-order valence-corrected chi connectivity index (χ1v) is 6.62. The number of hydrogen-bond acceptors (Lipinski definition) is 4. The van der Waals surface area contributed by atoms with E-state index in [1.54, 1.807) is 0 Å². The van der Waals surface area contributed by atoms with Crippen LogP contribution in [0.25, 0.3) is 0 Å². The van der Waals surface area contributed by atoms with E-state index < -0.39 is 17.8 Å². The molecule has 0 spiro atoms. The van der Waals surface area contributed by atoms with Gasteiger partial charge in [0.25, 0.3) is 0 Å². The third-order valence-electron chi connectivity index (χ3n) is 3.42. The molecule has 1 fully saturated rings. The summed E-state index contributed by atoms with van der Waals surface area (Å²) >= 11 is 0. The van der Waals surface area contributed by atoms with Gasteiger partial charge in [0.2, 0.25) is 11.8 Å². The summed E-state index contributed by atoms with van der Waals surface area (Å²) in [6.07, 6.45) is 1.23. The average molecular weight is 302 g/mol. The molecule has 0 unspecified atom stereocenters. The molecular formula is C12H16F2N4O3. The van der Waals surface area contributed by atoms with Gasteiger partial charge in [0.1, 0.15) is 12.2 Å². The number of carboxylic acid groups (broad SMARTS) is 1. The van der Waals surface area contributed by atoms with Gasteiger partial charge in [-0.3, -0.25) is 9.59 Å². The Morgan fingerprint density at radius 2 is 2.10 bits per heavy atom. The van der Waals surface area contributed by atoms with E-state index in [9.17, 15) is 18.4 Å². The van der Waals surface area contributed by atoms with Crippen molar-refractivity contribution in [2.24, 2.45) is 5.92 Å². The fourth-order valence-corrected chi connectivity index (χ4v) is 2.26. The highest BCUT2D eigenvalue weighted by atomic mass is 19.3. The fraction of sp³-hybridized carbons (Fsp3) is 0.667. The molecule has 0 radical (unpaired) electrons. The SMILES string of the molecule is O=C(O)Cn1cc(CNC(=O)C2CCC(F)(F)CC2)nn1. The predicted octanol–water partition coefficient (Wildman–Crippen LogP) is 0.804. The largest absolute Gasteiger partial charge is 0.480 e. The summed E-state index contributed by atoms with van der Waals surface area (Å²) in [5, 5.41) is 18.5. The Bertz CT molecular complexity index is 522. The van der Waals surface area contributed by atoms with Gasteiger partial charge < -0.3 is 10.4 Å². The van der Waals surface area contributed by atoms with E-state index in [4.69, 9.17) is 5.11 Å². The molecule has 1 aliphatic carbocycles. The summed E-state index contributed by atoms with van der Waals surface area (Å²) in [5.74, 6) is -4.38. The summed E-state index contributed by atoms with van der Waals surface area (Å²) < 4.78 is 27.1. The maximum absolute atomic E-state index is 13.0. The van der Waals surface area contributed by atoms with Crippen molar-refractivity contribution >= 4 is 11.9 Å². The quantitative estimate of drug-likeness (QED) is 0.838. The molecule has 0 bridgehead atoms. The van der Waals surface area contributed by atoms with Crippen LogP contribution >= 0.6 is 0 Å². The van der Waals surface area contributed by atoms with Crippen LogP contribution in [-0.4, -0.2) is 37.9 Å². The van der Waals surface area contributed by atoms with E-state index in [1.165, 1.54) is 6.20 Å². The Morgan fingerprint density at radius 3 is 2.71 bits per heavy atom. The molecule has 0 atom stereocenters. The van der Waals surface area contributed by atoms with Crippen LogP contribution in [0.2, 0.25) is 0 Å². The number of alkyl halides is 2. The topological polar surface area (TPSA) is 97.1 Å². The van der Waals surface area contributed by atoms with Crippen molar-refractivity contribution in [1.82, 2.24) is 20.3 Å². The van der Waals surface area contributed by atoms with Crippen molar-refractivity contribution in [3.05, 3.63) is 11.9 Å². The predicted molar refractivity (Wildman–Crippen MR) is 66.4 cm³/mol. The van der Waals surface area contributed by atoms with E-state index in [0.29, 0.717) is 5.69 Å². The van der Waals surface area contributed by atoms with Crippen LogP contribution in [0, 0.1) is 5.92 Å². The summed E-state index contributed by atoms with van der Waals surface area (Å²) in [7, 11) is 0. The maximum atomic E-state index is 13.0. The number of nitrogens with one attached hydrogen (secondary N) is 1. The van der Waals surface area contributed by atoms with Gasteiger partial charge >= 0.3 is 5.97 Å². The minimum Gasteiger partial charge on any atom is -0.480 e. The van der Waals surface area contributed by atoms with Crippen LogP contribution < -0.4 is 5.32 Å². The Labute approximate surface area is 119 Å². The molecule has 0 saturated heterocycles. The maximum Gasteiger partial charge on any atom is 0.325 e. The first kappa shape index (κ1) is 15.3. The highest BCUT2D eigenvalue weighted by molar-refractivity contribution is 5.78. The van der Waals surface area contributed by atoms with Gasteiger partial charge in [0.05, 0.1) is 12.7 Å². The Hall–Kier alpha value is -2.06. The Kier molecular flexibility index (Phi) is 4.49. The third kappa shape index (κ3) is 4.47. The van der Waals surface area contributed by atoms with Crippen molar-refractivity contribution in [2.75, 3.05) is 0 Å². The molecule has 7 nitrogen and oxygen atoms in total. The molecule has 2 rings (SSSR count). The fourth-order valence-electron chi connectivity index (χ4n) is 2.26. The lowest BCUT2D eigenvalue weighted by atomic mass is 9.86. The third-order valence-corrected chi connectivity index (χ3v) is 3.42. The zero-order valence-electron chi connectivity index (χ0n) is 11.3. The second-order valence-electron chi connectivity index (χ2n) is 5.15. The normalized spacial score (nSPS) is 18.4. The van der Waals surface area contributed by atoms with E-state index in [0.717, 1.165) is 4.68 Å². The number of hydrogen-bond donors (Lipinski definition) is 2. The van der Waals surface area contributed by atoms with E-state index in [2.05, 4.69) is 15.6 Å². The van der Waals surface area contributed by atoms with E-state index >= 15 is 0 Å². The molecule has 1 aromatic rings. The van der Waals surface area contributed by atoms with Crippen molar-refractivity contribution in [3.63, 3.8) is 0 Å². The minimum absolute atomic E-state index is 0.103. The molecule has 1 amide bonds. The molecular weight excluding hydrogens is 286 g/mol. The molecule has 1 heterocycles. The van der Waals surface area contributed by atoms with Gasteiger partial charge in [0, 0.05) is 18.8 Å². The first-order chi connectivity index (χ1) is 9.85. The number of carboxylic acids is 1. The monoisotopic (exact) mass is 302 g/mol. The van der Waals surface area contributed by atoms with Gasteiger partial charge in [-0.1, -0.05) is 5.21 Å². The number of nitrogens with zero attached hydrogens (tertiary/aromatic N) is 3. The van der Waals surface area contributed by atoms with Crippen LogP contribution in [0.1, 0.15) is 31.4 Å². The molecule has 1 aromatic heterocycles. The molecule has 21 heavy (non-hydrogen) atoms. The van der Waals surface area contributed by atoms with Crippen LogP contribution in [0.15, 0.2) is 6.20 Å². The number of aliphatic carboxylic acids is 1. The van der Waals surface area contributed by atoms with Crippen molar-refractivity contribution in [1.29, 1.82) is 0 Å². The van der Waals surface area contributed by atoms with E-state index in [1.807, 2.05) is 0 Å². The van der Waals surface area contributed by atoms with Crippen molar-refractivity contribution in [2.45, 2.75) is 44.7 Å². The van der Waals surface area contributed by atoms with Crippen LogP contribution in [0.5, 0.6) is 0 Å². The highest BCUT2D eigenvalue weighted by Gasteiger charge is 2.37. The standard InChI is InChI=1S/C12H16F2N4O3/c13-12(14)3-1-8(2-4-12)11(21)15-5-9-6-18(17-16-9)7-10(19)20/h6,8H,1-5,7H2,(H,15,21)(H,19,20). The van der Waals surface area contributed by atoms with Crippen molar-refractivity contribution in [3.8, 4) is 0 Å². The molecule has 0 aromatic carbocycles.